The lowest BCUT2D eigenvalue weighted by Crippen LogP contribution is -2.57. The van der Waals surface area contributed by atoms with Gasteiger partial charge in [0.15, 0.2) is 0 Å². The summed E-state index contributed by atoms with van der Waals surface area (Å²) < 4.78 is 0. The highest BCUT2D eigenvalue weighted by Crippen LogP contribution is 2.11. The van der Waals surface area contributed by atoms with E-state index in [0.717, 1.165) is 0 Å². The van der Waals surface area contributed by atoms with Gasteiger partial charge in [-0.05, 0) is 19.2 Å². The van der Waals surface area contributed by atoms with Crippen LogP contribution in [0.3, 0.4) is 0 Å². The van der Waals surface area contributed by atoms with E-state index in [1.165, 1.54) is 6.92 Å². The van der Waals surface area contributed by atoms with Gasteiger partial charge < -0.3 is 10.2 Å². The highest BCUT2D eigenvalue weighted by molar-refractivity contribution is 5.95. The number of rotatable bonds is 2. The van der Waals surface area contributed by atoms with Gasteiger partial charge in [-0.3, -0.25) is 19.5 Å². The van der Waals surface area contributed by atoms with Crippen molar-refractivity contribution in [1.29, 1.82) is 0 Å². The molecule has 0 bridgehead atoms. The molecule has 1 saturated heterocycles. The summed E-state index contributed by atoms with van der Waals surface area (Å²) in [5, 5.41) is 2.82. The van der Waals surface area contributed by atoms with E-state index in [0.29, 0.717) is 25.3 Å². The molecule has 1 aromatic heterocycles. The van der Waals surface area contributed by atoms with Crippen LogP contribution in [0.25, 0.3) is 0 Å². The van der Waals surface area contributed by atoms with Crippen LogP contribution < -0.4 is 5.32 Å². The minimum absolute atomic E-state index is 0.00674. The lowest BCUT2D eigenvalue weighted by atomic mass is 10.1. The van der Waals surface area contributed by atoms with Crippen LogP contribution in [0.5, 0.6) is 0 Å². The first-order valence-electron chi connectivity index (χ1n) is 6.24. The molecule has 0 saturated carbocycles. The van der Waals surface area contributed by atoms with Gasteiger partial charge in [-0.2, -0.15) is 0 Å². The van der Waals surface area contributed by atoms with E-state index in [9.17, 15) is 9.59 Å². The molecular weight excluding hydrogens is 244 g/mol. The summed E-state index contributed by atoms with van der Waals surface area (Å²) in [5.41, 5.74) is 0.667. The Morgan fingerprint density at radius 3 is 2.84 bits per heavy atom. The molecule has 0 aromatic carbocycles. The third-order valence-electron chi connectivity index (χ3n) is 3.33. The van der Waals surface area contributed by atoms with Crippen molar-refractivity contribution in [2.24, 2.45) is 0 Å². The Balaban J connectivity index is 2.02. The van der Waals surface area contributed by atoms with Crippen LogP contribution in [-0.4, -0.2) is 59.3 Å². The van der Waals surface area contributed by atoms with Crippen LogP contribution in [0.4, 0.5) is 5.69 Å². The first-order chi connectivity index (χ1) is 9.08. The van der Waals surface area contributed by atoms with E-state index >= 15 is 0 Å². The molecule has 1 fully saturated rings. The number of pyridine rings is 1. The quantitative estimate of drug-likeness (QED) is 0.826. The van der Waals surface area contributed by atoms with Gasteiger partial charge in [-0.25, -0.2) is 0 Å². The number of nitrogens with zero attached hydrogens (tertiary/aromatic N) is 3. The molecule has 1 atom stereocenters. The number of hydrogen-bond acceptors (Lipinski definition) is 4. The zero-order valence-electron chi connectivity index (χ0n) is 11.2. The zero-order chi connectivity index (χ0) is 13.8. The smallest absolute Gasteiger partial charge is 0.243 e. The van der Waals surface area contributed by atoms with Gasteiger partial charge in [-0.1, -0.05) is 0 Å². The molecule has 2 heterocycles. The number of likely N-dealkylation sites (N-methyl/N-ethyl adjacent to an activating group) is 1. The van der Waals surface area contributed by atoms with Crippen LogP contribution in [-0.2, 0) is 9.59 Å². The summed E-state index contributed by atoms with van der Waals surface area (Å²) in [6.07, 6.45) is 3.25. The minimum atomic E-state index is -0.321. The predicted molar refractivity (Wildman–Crippen MR) is 71.5 cm³/mol. The number of nitrogens with one attached hydrogen (secondary N) is 1. The standard InChI is InChI=1S/C13H18N4O2/c1-10(18)17-7-6-16(2)12(9-17)13(19)15-11-4-3-5-14-8-11/h3-5,8,12H,6-7,9H2,1-2H3,(H,15,19)/t12-/m0/s1. The summed E-state index contributed by atoms with van der Waals surface area (Å²) in [7, 11) is 1.89. The molecule has 0 radical (unpaired) electrons. The molecule has 0 spiro atoms. The Bertz CT molecular complexity index is 463. The van der Waals surface area contributed by atoms with Crippen molar-refractivity contribution in [1.82, 2.24) is 14.8 Å². The highest BCUT2D eigenvalue weighted by atomic mass is 16.2. The van der Waals surface area contributed by atoms with E-state index in [1.54, 1.807) is 29.4 Å². The van der Waals surface area contributed by atoms with E-state index in [4.69, 9.17) is 0 Å². The van der Waals surface area contributed by atoms with Gasteiger partial charge in [0.2, 0.25) is 11.8 Å². The molecule has 0 unspecified atom stereocenters. The first-order valence-corrected chi connectivity index (χ1v) is 6.24. The Kier molecular flexibility index (Phi) is 4.11. The maximum absolute atomic E-state index is 12.2. The highest BCUT2D eigenvalue weighted by Gasteiger charge is 2.31. The van der Waals surface area contributed by atoms with Crippen molar-refractivity contribution in [3.63, 3.8) is 0 Å². The van der Waals surface area contributed by atoms with Crippen molar-refractivity contribution in [3.05, 3.63) is 24.5 Å². The molecule has 6 nitrogen and oxygen atoms in total. The van der Waals surface area contributed by atoms with Gasteiger partial charge in [0, 0.05) is 32.8 Å². The molecule has 1 aromatic rings. The number of anilines is 1. The lowest BCUT2D eigenvalue weighted by molar-refractivity contribution is -0.134. The average Bonchev–Trinajstić information content (AvgIpc) is 2.40. The topological polar surface area (TPSA) is 65.5 Å². The third-order valence-corrected chi connectivity index (χ3v) is 3.33. The van der Waals surface area contributed by atoms with Crippen LogP contribution in [0.15, 0.2) is 24.5 Å². The van der Waals surface area contributed by atoms with Crippen molar-refractivity contribution in [3.8, 4) is 0 Å². The molecule has 1 aliphatic rings. The van der Waals surface area contributed by atoms with Crippen LogP contribution >= 0.6 is 0 Å². The molecule has 1 N–H and O–H groups in total. The fourth-order valence-electron chi connectivity index (χ4n) is 2.11. The summed E-state index contributed by atoms with van der Waals surface area (Å²) in [4.78, 5) is 31.2. The molecule has 19 heavy (non-hydrogen) atoms. The molecular formula is C13H18N4O2. The van der Waals surface area contributed by atoms with Crippen molar-refractivity contribution in [2.75, 3.05) is 32.0 Å². The van der Waals surface area contributed by atoms with Gasteiger partial charge in [-0.15, -0.1) is 0 Å². The summed E-state index contributed by atoms with van der Waals surface area (Å²) >= 11 is 0. The van der Waals surface area contributed by atoms with Crippen LogP contribution in [0, 0.1) is 0 Å². The second-order valence-electron chi connectivity index (χ2n) is 4.69. The Morgan fingerprint density at radius 1 is 1.42 bits per heavy atom. The largest absolute Gasteiger partial charge is 0.340 e. The predicted octanol–water partition coefficient (Wildman–Crippen LogP) is 0.183. The van der Waals surface area contributed by atoms with Gasteiger partial charge >= 0.3 is 0 Å². The Morgan fingerprint density at radius 2 is 2.21 bits per heavy atom. The molecule has 0 aliphatic carbocycles. The third kappa shape index (κ3) is 3.29. The summed E-state index contributed by atoms with van der Waals surface area (Å²) in [5.74, 6) is -0.103. The SMILES string of the molecule is CC(=O)N1CCN(C)[C@H](C(=O)Nc2cccnc2)C1. The maximum Gasteiger partial charge on any atom is 0.243 e. The van der Waals surface area contributed by atoms with E-state index in [2.05, 4.69) is 10.3 Å². The van der Waals surface area contributed by atoms with Crippen LogP contribution in [0.2, 0.25) is 0 Å². The Labute approximate surface area is 112 Å². The average molecular weight is 262 g/mol. The van der Waals surface area contributed by atoms with E-state index in [-0.39, 0.29) is 17.9 Å². The Hall–Kier alpha value is -1.95. The molecule has 2 amide bonds. The number of piperazine rings is 1. The first kappa shape index (κ1) is 13.5. The van der Waals surface area contributed by atoms with Crippen molar-refractivity contribution >= 4 is 17.5 Å². The van der Waals surface area contributed by atoms with Gasteiger partial charge in [0.1, 0.15) is 6.04 Å². The number of amides is 2. The number of carbonyl (C=O) groups is 2. The van der Waals surface area contributed by atoms with E-state index < -0.39 is 0 Å². The number of carbonyl (C=O) groups excluding carboxylic acids is 2. The van der Waals surface area contributed by atoms with Crippen LogP contribution in [0.1, 0.15) is 6.92 Å². The minimum Gasteiger partial charge on any atom is -0.340 e. The second kappa shape index (κ2) is 5.79. The van der Waals surface area contributed by atoms with Gasteiger partial charge in [0.05, 0.1) is 11.9 Å². The fraction of sp³-hybridized carbons (Fsp3) is 0.462. The number of aromatic nitrogens is 1. The van der Waals surface area contributed by atoms with Gasteiger partial charge in [0.25, 0.3) is 0 Å². The monoisotopic (exact) mass is 262 g/mol. The number of hydrogen-bond donors (Lipinski definition) is 1. The van der Waals surface area contributed by atoms with E-state index in [1.807, 2.05) is 11.9 Å². The normalized spacial score (nSPS) is 20.1. The second-order valence-corrected chi connectivity index (χ2v) is 4.69. The molecule has 6 heteroatoms. The lowest BCUT2D eigenvalue weighted by Gasteiger charge is -2.38. The zero-order valence-corrected chi connectivity index (χ0v) is 11.2. The van der Waals surface area contributed by atoms with Crippen molar-refractivity contribution in [2.45, 2.75) is 13.0 Å². The fourth-order valence-corrected chi connectivity index (χ4v) is 2.11. The molecule has 2 rings (SSSR count). The maximum atomic E-state index is 12.2. The van der Waals surface area contributed by atoms with Crippen molar-refractivity contribution < 1.29 is 9.59 Å². The molecule has 102 valence electrons. The summed E-state index contributed by atoms with van der Waals surface area (Å²) in [6.45, 7) is 3.33. The summed E-state index contributed by atoms with van der Waals surface area (Å²) in [6, 6.07) is 3.23. The molecule has 1 aliphatic heterocycles.